The summed E-state index contributed by atoms with van der Waals surface area (Å²) in [6.45, 7) is 8.88. The number of hydrogen-bond acceptors (Lipinski definition) is 3. The van der Waals surface area contributed by atoms with Gasteiger partial charge in [-0.25, -0.2) is 0 Å². The van der Waals surface area contributed by atoms with E-state index >= 15 is 0 Å². The van der Waals surface area contributed by atoms with Gasteiger partial charge in [0.1, 0.15) is 18.1 Å². The van der Waals surface area contributed by atoms with Crippen molar-refractivity contribution in [3.05, 3.63) is 94.9 Å². The van der Waals surface area contributed by atoms with Crippen molar-refractivity contribution in [3.63, 3.8) is 0 Å². The van der Waals surface area contributed by atoms with Gasteiger partial charge < -0.3 is 14.2 Å². The molecule has 0 aliphatic rings. The Morgan fingerprint density at radius 2 is 1.64 bits per heavy atom. The Balaban J connectivity index is 1.78. The van der Waals surface area contributed by atoms with E-state index < -0.39 is 0 Å². The van der Waals surface area contributed by atoms with Gasteiger partial charge in [0.15, 0.2) is 0 Å². The molecule has 2 amide bonds. The fraction of sp³-hybridized carbons (Fsp3) is 0.357. The molecule has 1 aromatic heterocycles. The number of hydrogen-bond donors (Lipinski definition) is 0. The number of amides is 2. The van der Waals surface area contributed by atoms with E-state index in [1.165, 1.54) is 5.56 Å². The predicted molar refractivity (Wildman–Crippen MR) is 131 cm³/mol. The molecule has 5 heteroatoms. The normalized spacial score (nSPS) is 11.8. The third-order valence-electron chi connectivity index (χ3n) is 6.00. The molecular formula is C28H34N2O3. The van der Waals surface area contributed by atoms with Gasteiger partial charge in [-0.1, -0.05) is 55.0 Å². The van der Waals surface area contributed by atoms with Gasteiger partial charge in [0.05, 0.1) is 6.54 Å². The molecule has 0 saturated heterocycles. The van der Waals surface area contributed by atoms with E-state index in [0.29, 0.717) is 18.7 Å². The lowest BCUT2D eigenvalue weighted by Gasteiger charge is -2.31. The maximum atomic E-state index is 13.5. The lowest BCUT2D eigenvalue weighted by atomic mass is 10.1. The number of benzene rings is 2. The summed E-state index contributed by atoms with van der Waals surface area (Å²) in [7, 11) is 0. The molecular weight excluding hydrogens is 412 g/mol. The Bertz CT molecular complexity index is 1040. The van der Waals surface area contributed by atoms with Crippen molar-refractivity contribution >= 4 is 11.8 Å². The minimum Gasteiger partial charge on any atom is -0.464 e. The Kier molecular flexibility index (Phi) is 8.47. The zero-order chi connectivity index (χ0) is 23.8. The zero-order valence-corrected chi connectivity index (χ0v) is 20.1. The van der Waals surface area contributed by atoms with E-state index in [4.69, 9.17) is 4.42 Å². The van der Waals surface area contributed by atoms with Crippen molar-refractivity contribution in [2.24, 2.45) is 0 Å². The Morgan fingerprint density at radius 1 is 0.939 bits per heavy atom. The van der Waals surface area contributed by atoms with Crippen LogP contribution in [0.4, 0.5) is 0 Å². The number of rotatable bonds is 10. The van der Waals surface area contributed by atoms with Gasteiger partial charge in [-0.05, 0) is 63.4 Å². The first-order chi connectivity index (χ1) is 15.9. The lowest BCUT2D eigenvalue weighted by Crippen LogP contribution is -2.46. The van der Waals surface area contributed by atoms with Crippen LogP contribution in [0.5, 0.6) is 0 Å². The van der Waals surface area contributed by atoms with E-state index in [9.17, 15) is 9.59 Å². The molecule has 0 aliphatic heterocycles. The number of carbonyl (C=O) groups excluding carboxylic acids is 2. The van der Waals surface area contributed by atoms with Crippen LogP contribution in [0.1, 0.15) is 53.3 Å². The van der Waals surface area contributed by atoms with Crippen molar-refractivity contribution in [3.8, 4) is 0 Å². The van der Waals surface area contributed by atoms with Crippen LogP contribution in [0.3, 0.4) is 0 Å². The lowest BCUT2D eigenvalue weighted by molar-refractivity contribution is -0.133. The van der Waals surface area contributed by atoms with E-state index in [-0.39, 0.29) is 24.4 Å². The topological polar surface area (TPSA) is 53.8 Å². The second-order valence-corrected chi connectivity index (χ2v) is 8.62. The number of carbonyl (C=O) groups is 2. The molecule has 3 rings (SSSR count). The molecule has 0 aliphatic carbocycles. The fourth-order valence-electron chi connectivity index (χ4n) is 3.71. The number of aryl methyl sites for hydroxylation is 2. The summed E-state index contributed by atoms with van der Waals surface area (Å²) >= 11 is 0. The fourth-order valence-corrected chi connectivity index (χ4v) is 3.71. The summed E-state index contributed by atoms with van der Waals surface area (Å²) in [4.78, 5) is 30.3. The van der Waals surface area contributed by atoms with Crippen molar-refractivity contribution in [1.82, 2.24) is 9.80 Å². The largest absolute Gasteiger partial charge is 0.464 e. The Hall–Kier alpha value is -3.34. The third-order valence-corrected chi connectivity index (χ3v) is 6.00. The van der Waals surface area contributed by atoms with Crippen molar-refractivity contribution < 1.29 is 14.0 Å². The summed E-state index contributed by atoms with van der Waals surface area (Å²) in [5, 5.41) is 0. The molecule has 33 heavy (non-hydrogen) atoms. The summed E-state index contributed by atoms with van der Waals surface area (Å²) in [5.74, 6) is 1.36. The van der Waals surface area contributed by atoms with Crippen LogP contribution in [0, 0.1) is 13.8 Å². The highest BCUT2D eigenvalue weighted by Crippen LogP contribution is 2.15. The van der Waals surface area contributed by atoms with Gasteiger partial charge in [0.25, 0.3) is 5.91 Å². The molecule has 1 unspecified atom stereocenters. The first-order valence-electron chi connectivity index (χ1n) is 11.6. The van der Waals surface area contributed by atoms with Crippen LogP contribution in [-0.2, 0) is 17.8 Å². The van der Waals surface area contributed by atoms with Crippen LogP contribution in [-0.4, -0.2) is 40.7 Å². The maximum absolute atomic E-state index is 13.5. The second-order valence-electron chi connectivity index (χ2n) is 8.62. The summed E-state index contributed by atoms with van der Waals surface area (Å²) < 4.78 is 5.74. The number of nitrogens with zero attached hydrogens (tertiary/aromatic N) is 2. The van der Waals surface area contributed by atoms with Crippen LogP contribution in [0.2, 0.25) is 0 Å². The van der Waals surface area contributed by atoms with Gasteiger partial charge in [0, 0.05) is 18.2 Å². The quantitative estimate of drug-likeness (QED) is 0.418. The molecule has 0 N–H and O–H groups in total. The SMILES string of the molecule is CCC(C)N(CC(=O)N(CCc1ccccc1)Cc1ccc(C)o1)C(=O)c1ccc(C)cc1. The van der Waals surface area contributed by atoms with Gasteiger partial charge in [-0.15, -0.1) is 0 Å². The average molecular weight is 447 g/mol. The smallest absolute Gasteiger partial charge is 0.254 e. The molecule has 0 saturated carbocycles. The van der Waals surface area contributed by atoms with Gasteiger partial charge >= 0.3 is 0 Å². The highest BCUT2D eigenvalue weighted by Gasteiger charge is 2.26. The minimum absolute atomic E-state index is 0.0379. The first kappa shape index (κ1) is 24.3. The van der Waals surface area contributed by atoms with Crippen LogP contribution in [0.25, 0.3) is 0 Å². The molecule has 2 aromatic carbocycles. The molecule has 0 radical (unpaired) electrons. The standard InChI is InChI=1S/C28H34N2O3/c1-5-22(3)30(28(32)25-14-11-21(2)12-15-25)20-27(31)29(19-26-16-13-23(4)33-26)18-17-24-9-7-6-8-10-24/h6-16,22H,5,17-20H2,1-4H3. The van der Waals surface area contributed by atoms with Crippen molar-refractivity contribution in [2.45, 2.75) is 53.1 Å². The van der Waals surface area contributed by atoms with E-state index in [1.807, 2.05) is 82.3 Å². The summed E-state index contributed by atoms with van der Waals surface area (Å²) in [5.41, 5.74) is 2.87. The molecule has 174 valence electrons. The van der Waals surface area contributed by atoms with Gasteiger partial charge in [-0.3, -0.25) is 9.59 Å². The van der Waals surface area contributed by atoms with Gasteiger partial charge in [0.2, 0.25) is 5.91 Å². The van der Waals surface area contributed by atoms with Gasteiger partial charge in [-0.2, -0.15) is 0 Å². The highest BCUT2D eigenvalue weighted by atomic mass is 16.3. The Labute approximate surface area is 197 Å². The third kappa shape index (κ3) is 6.82. The molecule has 0 bridgehead atoms. The van der Waals surface area contributed by atoms with E-state index in [1.54, 1.807) is 9.80 Å². The maximum Gasteiger partial charge on any atom is 0.254 e. The Morgan fingerprint density at radius 3 is 2.24 bits per heavy atom. The highest BCUT2D eigenvalue weighted by molar-refractivity contribution is 5.96. The zero-order valence-electron chi connectivity index (χ0n) is 20.1. The second kappa shape index (κ2) is 11.5. The summed E-state index contributed by atoms with van der Waals surface area (Å²) in [6.07, 6.45) is 1.51. The van der Waals surface area contributed by atoms with Crippen molar-refractivity contribution in [2.75, 3.05) is 13.1 Å². The molecule has 0 fully saturated rings. The number of furan rings is 1. The summed E-state index contributed by atoms with van der Waals surface area (Å²) in [6, 6.07) is 21.4. The van der Waals surface area contributed by atoms with Crippen LogP contribution >= 0.6 is 0 Å². The monoisotopic (exact) mass is 446 g/mol. The molecule has 1 heterocycles. The average Bonchev–Trinajstić information content (AvgIpc) is 3.24. The molecule has 3 aromatic rings. The van der Waals surface area contributed by atoms with Crippen LogP contribution < -0.4 is 0 Å². The molecule has 1 atom stereocenters. The van der Waals surface area contributed by atoms with Crippen LogP contribution in [0.15, 0.2) is 71.1 Å². The molecule has 0 spiro atoms. The predicted octanol–water partition coefficient (Wildman–Crippen LogP) is 5.41. The minimum atomic E-state index is -0.116. The van der Waals surface area contributed by atoms with E-state index in [0.717, 1.165) is 29.9 Å². The van der Waals surface area contributed by atoms with Crippen molar-refractivity contribution in [1.29, 1.82) is 0 Å². The molecule has 5 nitrogen and oxygen atoms in total. The first-order valence-corrected chi connectivity index (χ1v) is 11.6. The van der Waals surface area contributed by atoms with E-state index in [2.05, 4.69) is 12.1 Å².